The minimum Gasteiger partial charge on any atom is -0.327 e. The van der Waals surface area contributed by atoms with Gasteiger partial charge < -0.3 is 10.6 Å². The van der Waals surface area contributed by atoms with Gasteiger partial charge in [0.05, 0.1) is 0 Å². The molecule has 0 spiro atoms. The van der Waals surface area contributed by atoms with Crippen molar-refractivity contribution in [2.24, 2.45) is 5.73 Å². The summed E-state index contributed by atoms with van der Waals surface area (Å²) in [6.07, 6.45) is 2.09. The van der Waals surface area contributed by atoms with E-state index in [4.69, 9.17) is 5.73 Å². The van der Waals surface area contributed by atoms with Crippen molar-refractivity contribution in [3.05, 3.63) is 71.8 Å². The quantitative estimate of drug-likeness (QED) is 0.836. The highest BCUT2D eigenvalue weighted by Gasteiger charge is 2.07. The molecule has 0 saturated carbocycles. The molecule has 0 aromatic heterocycles. The van der Waals surface area contributed by atoms with Gasteiger partial charge in [-0.2, -0.15) is 0 Å². The highest BCUT2D eigenvalue weighted by atomic mass is 15.1. The standard InChI is InChI=1S/C18H24N2/c1-20(14-17-10-6-3-7-11-17)15-18(19)13-12-16-8-4-2-5-9-16/h2-11,18H,12-15,19H2,1H3. The highest BCUT2D eigenvalue weighted by molar-refractivity contribution is 5.15. The Hall–Kier alpha value is -1.64. The fraction of sp³-hybridized carbons (Fsp3) is 0.333. The van der Waals surface area contributed by atoms with Crippen LogP contribution in [0.2, 0.25) is 0 Å². The maximum absolute atomic E-state index is 6.23. The van der Waals surface area contributed by atoms with E-state index in [1.807, 2.05) is 0 Å². The molecule has 0 saturated heterocycles. The van der Waals surface area contributed by atoms with Crippen molar-refractivity contribution in [2.75, 3.05) is 13.6 Å². The summed E-state index contributed by atoms with van der Waals surface area (Å²) in [4.78, 5) is 2.30. The topological polar surface area (TPSA) is 29.3 Å². The van der Waals surface area contributed by atoms with Gasteiger partial charge in [0.1, 0.15) is 0 Å². The van der Waals surface area contributed by atoms with Crippen molar-refractivity contribution in [3.63, 3.8) is 0 Å². The van der Waals surface area contributed by atoms with Crippen LogP contribution in [0.15, 0.2) is 60.7 Å². The van der Waals surface area contributed by atoms with Crippen LogP contribution < -0.4 is 5.73 Å². The number of hydrogen-bond acceptors (Lipinski definition) is 2. The molecule has 2 aromatic rings. The van der Waals surface area contributed by atoms with Crippen LogP contribution in [-0.4, -0.2) is 24.5 Å². The number of nitrogens with two attached hydrogens (primary N) is 1. The Morgan fingerprint density at radius 2 is 1.45 bits per heavy atom. The second-order valence-electron chi connectivity index (χ2n) is 5.47. The fourth-order valence-electron chi connectivity index (χ4n) is 2.45. The summed E-state index contributed by atoms with van der Waals surface area (Å²) in [5, 5.41) is 0. The Morgan fingerprint density at radius 1 is 0.900 bits per heavy atom. The molecule has 0 radical (unpaired) electrons. The molecular weight excluding hydrogens is 244 g/mol. The molecule has 1 atom stereocenters. The minimum atomic E-state index is 0.226. The van der Waals surface area contributed by atoms with E-state index in [1.165, 1.54) is 11.1 Å². The molecule has 2 aromatic carbocycles. The summed E-state index contributed by atoms with van der Waals surface area (Å²) < 4.78 is 0. The van der Waals surface area contributed by atoms with Crippen molar-refractivity contribution in [1.82, 2.24) is 4.90 Å². The molecule has 2 heteroatoms. The van der Waals surface area contributed by atoms with Crippen LogP contribution in [-0.2, 0) is 13.0 Å². The zero-order valence-corrected chi connectivity index (χ0v) is 12.2. The van der Waals surface area contributed by atoms with Gasteiger partial charge in [-0.15, -0.1) is 0 Å². The third-order valence-corrected chi connectivity index (χ3v) is 3.49. The summed E-state index contributed by atoms with van der Waals surface area (Å²) in [7, 11) is 2.13. The third-order valence-electron chi connectivity index (χ3n) is 3.49. The van der Waals surface area contributed by atoms with E-state index < -0.39 is 0 Å². The number of rotatable bonds is 7. The largest absolute Gasteiger partial charge is 0.327 e. The fourth-order valence-corrected chi connectivity index (χ4v) is 2.45. The smallest absolute Gasteiger partial charge is 0.0231 e. The Bertz CT molecular complexity index is 481. The molecule has 0 fully saturated rings. The maximum Gasteiger partial charge on any atom is 0.0231 e. The number of hydrogen-bond donors (Lipinski definition) is 1. The molecule has 0 bridgehead atoms. The lowest BCUT2D eigenvalue weighted by Gasteiger charge is -2.21. The van der Waals surface area contributed by atoms with Gasteiger partial charge in [0.25, 0.3) is 0 Å². The molecule has 2 nitrogen and oxygen atoms in total. The van der Waals surface area contributed by atoms with Gasteiger partial charge in [-0.1, -0.05) is 60.7 Å². The van der Waals surface area contributed by atoms with Gasteiger partial charge in [-0.05, 0) is 31.0 Å². The van der Waals surface area contributed by atoms with E-state index >= 15 is 0 Å². The minimum absolute atomic E-state index is 0.226. The van der Waals surface area contributed by atoms with Crippen LogP contribution in [0.25, 0.3) is 0 Å². The normalized spacial score (nSPS) is 12.6. The lowest BCUT2D eigenvalue weighted by Crippen LogP contribution is -2.35. The van der Waals surface area contributed by atoms with E-state index in [0.717, 1.165) is 25.9 Å². The molecule has 0 aliphatic rings. The first-order chi connectivity index (χ1) is 9.74. The molecule has 106 valence electrons. The van der Waals surface area contributed by atoms with Crippen LogP contribution in [0.1, 0.15) is 17.5 Å². The van der Waals surface area contributed by atoms with E-state index in [2.05, 4.69) is 72.6 Å². The molecular formula is C18H24N2. The molecule has 0 aliphatic carbocycles. The molecule has 0 aliphatic heterocycles. The average molecular weight is 268 g/mol. The summed E-state index contributed by atoms with van der Waals surface area (Å²) in [5.41, 5.74) is 8.94. The number of nitrogens with zero attached hydrogens (tertiary/aromatic N) is 1. The van der Waals surface area contributed by atoms with Gasteiger partial charge >= 0.3 is 0 Å². The Morgan fingerprint density at radius 3 is 2.05 bits per heavy atom. The second-order valence-corrected chi connectivity index (χ2v) is 5.47. The van der Waals surface area contributed by atoms with Crippen LogP contribution >= 0.6 is 0 Å². The predicted molar refractivity (Wildman–Crippen MR) is 85.5 cm³/mol. The van der Waals surface area contributed by atoms with E-state index in [0.29, 0.717) is 0 Å². The highest BCUT2D eigenvalue weighted by Crippen LogP contribution is 2.07. The van der Waals surface area contributed by atoms with Gasteiger partial charge in [-0.3, -0.25) is 0 Å². The SMILES string of the molecule is CN(Cc1ccccc1)CC(N)CCc1ccccc1. The Labute approximate surface area is 122 Å². The lowest BCUT2D eigenvalue weighted by atomic mass is 10.1. The van der Waals surface area contributed by atoms with Crippen molar-refractivity contribution in [1.29, 1.82) is 0 Å². The van der Waals surface area contributed by atoms with Crippen molar-refractivity contribution >= 4 is 0 Å². The van der Waals surface area contributed by atoms with Gasteiger partial charge in [0.2, 0.25) is 0 Å². The lowest BCUT2D eigenvalue weighted by molar-refractivity contribution is 0.297. The molecule has 0 heterocycles. The first-order valence-corrected chi connectivity index (χ1v) is 7.26. The van der Waals surface area contributed by atoms with Crippen LogP contribution in [0.4, 0.5) is 0 Å². The Kier molecular flexibility index (Phi) is 5.78. The number of benzene rings is 2. The zero-order chi connectivity index (χ0) is 14.2. The van der Waals surface area contributed by atoms with Crippen molar-refractivity contribution < 1.29 is 0 Å². The number of aryl methyl sites for hydroxylation is 1. The zero-order valence-electron chi connectivity index (χ0n) is 12.2. The van der Waals surface area contributed by atoms with E-state index in [-0.39, 0.29) is 6.04 Å². The third kappa shape index (κ3) is 5.16. The van der Waals surface area contributed by atoms with Crippen molar-refractivity contribution in [3.8, 4) is 0 Å². The van der Waals surface area contributed by atoms with E-state index in [1.54, 1.807) is 0 Å². The maximum atomic E-state index is 6.23. The monoisotopic (exact) mass is 268 g/mol. The second kappa shape index (κ2) is 7.83. The molecule has 2 rings (SSSR count). The molecule has 2 N–H and O–H groups in total. The van der Waals surface area contributed by atoms with Gasteiger partial charge in [0.15, 0.2) is 0 Å². The van der Waals surface area contributed by atoms with Crippen molar-refractivity contribution in [2.45, 2.75) is 25.4 Å². The van der Waals surface area contributed by atoms with Crippen LogP contribution in [0.3, 0.4) is 0 Å². The molecule has 1 unspecified atom stereocenters. The Balaban J connectivity index is 1.72. The van der Waals surface area contributed by atoms with Crippen LogP contribution in [0, 0.1) is 0 Å². The molecule has 0 amide bonds. The summed E-state index contributed by atoms with van der Waals surface area (Å²) >= 11 is 0. The van der Waals surface area contributed by atoms with Crippen LogP contribution in [0.5, 0.6) is 0 Å². The summed E-state index contributed by atoms with van der Waals surface area (Å²) in [6, 6.07) is 21.3. The van der Waals surface area contributed by atoms with E-state index in [9.17, 15) is 0 Å². The first-order valence-electron chi connectivity index (χ1n) is 7.26. The first kappa shape index (κ1) is 14.8. The van der Waals surface area contributed by atoms with Gasteiger partial charge in [-0.25, -0.2) is 0 Å². The predicted octanol–water partition coefficient (Wildman–Crippen LogP) is 3.08. The molecule has 20 heavy (non-hydrogen) atoms. The average Bonchev–Trinajstić information content (AvgIpc) is 2.47. The summed E-state index contributed by atoms with van der Waals surface area (Å²) in [6.45, 7) is 1.89. The summed E-state index contributed by atoms with van der Waals surface area (Å²) in [5.74, 6) is 0. The van der Waals surface area contributed by atoms with Gasteiger partial charge in [0, 0.05) is 19.1 Å². The number of likely N-dealkylation sites (N-methyl/N-ethyl adjacent to an activating group) is 1.